The molecule has 0 unspecified atom stereocenters. The Kier molecular flexibility index (Phi) is 5.45. The van der Waals surface area contributed by atoms with Crippen LogP contribution in [-0.4, -0.2) is 37.7 Å². The number of hydrogen-bond donors (Lipinski definition) is 1. The van der Waals surface area contributed by atoms with Gasteiger partial charge in [0.2, 0.25) is 11.9 Å². The minimum absolute atomic E-state index is 0.0678. The van der Waals surface area contributed by atoms with Crippen LogP contribution < -0.4 is 15.8 Å². The van der Waals surface area contributed by atoms with E-state index in [1.54, 1.807) is 4.90 Å². The van der Waals surface area contributed by atoms with Gasteiger partial charge in [-0.05, 0) is 55.3 Å². The molecule has 0 saturated heterocycles. The molecule has 0 aliphatic carbocycles. The lowest BCUT2D eigenvalue weighted by molar-refractivity contribution is -0.118. The number of aryl methyl sites for hydroxylation is 3. The number of imidazole rings is 1. The molecule has 172 valence electrons. The molecule has 1 aliphatic rings. The SMILES string of the molecule is Cc1ccc(NC(=O)c2ccc(=O)n(CCC(=O)N3CCn4c3nc3ccccc34)n2)cc1C. The van der Waals surface area contributed by atoms with Crippen LogP contribution in [0.2, 0.25) is 0 Å². The molecule has 0 atom stereocenters. The number of anilines is 2. The topological polar surface area (TPSA) is 102 Å². The number of nitrogens with one attached hydrogen (secondary N) is 1. The molecule has 1 N–H and O–H groups in total. The van der Waals surface area contributed by atoms with Gasteiger partial charge in [-0.25, -0.2) is 9.67 Å². The van der Waals surface area contributed by atoms with Crippen molar-refractivity contribution < 1.29 is 9.59 Å². The molecule has 0 bridgehead atoms. The number of fused-ring (bicyclic) bond motifs is 3. The van der Waals surface area contributed by atoms with Crippen molar-refractivity contribution in [2.24, 2.45) is 0 Å². The molecular formula is C25H24N6O3. The minimum Gasteiger partial charge on any atom is -0.321 e. The van der Waals surface area contributed by atoms with Gasteiger partial charge in [0.25, 0.3) is 11.5 Å². The molecule has 0 spiro atoms. The van der Waals surface area contributed by atoms with Gasteiger partial charge < -0.3 is 9.88 Å². The van der Waals surface area contributed by atoms with Crippen LogP contribution in [0.3, 0.4) is 0 Å². The maximum Gasteiger partial charge on any atom is 0.276 e. The Morgan fingerprint density at radius 3 is 2.65 bits per heavy atom. The van der Waals surface area contributed by atoms with Gasteiger partial charge in [0, 0.05) is 31.3 Å². The summed E-state index contributed by atoms with van der Waals surface area (Å²) in [6.45, 7) is 5.24. The van der Waals surface area contributed by atoms with Crippen molar-refractivity contribution in [2.45, 2.75) is 33.4 Å². The van der Waals surface area contributed by atoms with E-state index in [0.29, 0.717) is 24.7 Å². The Morgan fingerprint density at radius 2 is 1.82 bits per heavy atom. The van der Waals surface area contributed by atoms with E-state index in [1.165, 1.54) is 12.1 Å². The van der Waals surface area contributed by atoms with Crippen molar-refractivity contribution in [2.75, 3.05) is 16.8 Å². The maximum atomic E-state index is 12.9. The number of carbonyl (C=O) groups is 2. The molecule has 34 heavy (non-hydrogen) atoms. The molecular weight excluding hydrogens is 432 g/mol. The molecule has 2 aromatic heterocycles. The second-order valence-electron chi connectivity index (χ2n) is 8.38. The van der Waals surface area contributed by atoms with Gasteiger partial charge in [0.05, 0.1) is 17.6 Å². The summed E-state index contributed by atoms with van der Waals surface area (Å²) in [7, 11) is 0. The van der Waals surface area contributed by atoms with Gasteiger partial charge in [-0.2, -0.15) is 5.10 Å². The lowest BCUT2D eigenvalue weighted by Crippen LogP contribution is -2.32. The van der Waals surface area contributed by atoms with E-state index in [2.05, 4.69) is 15.4 Å². The second kappa shape index (κ2) is 8.58. The predicted molar refractivity (Wildman–Crippen MR) is 129 cm³/mol. The molecule has 0 saturated carbocycles. The summed E-state index contributed by atoms with van der Waals surface area (Å²) in [6, 6.07) is 16.1. The highest BCUT2D eigenvalue weighted by Gasteiger charge is 2.28. The van der Waals surface area contributed by atoms with Gasteiger partial charge in [-0.1, -0.05) is 18.2 Å². The number of hydrogen-bond acceptors (Lipinski definition) is 5. The summed E-state index contributed by atoms with van der Waals surface area (Å²) >= 11 is 0. The third kappa shape index (κ3) is 3.96. The van der Waals surface area contributed by atoms with E-state index in [0.717, 1.165) is 26.8 Å². The second-order valence-corrected chi connectivity index (χ2v) is 8.38. The Balaban J connectivity index is 1.28. The average molecular weight is 457 g/mol. The molecule has 9 heteroatoms. The number of nitrogens with zero attached hydrogens (tertiary/aromatic N) is 5. The zero-order valence-corrected chi connectivity index (χ0v) is 19.0. The van der Waals surface area contributed by atoms with E-state index in [-0.39, 0.29) is 30.1 Å². The van der Waals surface area contributed by atoms with E-state index >= 15 is 0 Å². The fraction of sp³-hybridized carbons (Fsp3) is 0.240. The maximum absolute atomic E-state index is 12.9. The molecule has 4 aromatic rings. The Morgan fingerprint density at radius 1 is 1.00 bits per heavy atom. The first-order chi connectivity index (χ1) is 16.4. The zero-order valence-electron chi connectivity index (χ0n) is 19.0. The monoisotopic (exact) mass is 456 g/mol. The molecule has 1 aliphatic heterocycles. The van der Waals surface area contributed by atoms with E-state index in [4.69, 9.17) is 0 Å². The fourth-order valence-electron chi connectivity index (χ4n) is 4.11. The van der Waals surface area contributed by atoms with Crippen molar-refractivity contribution >= 4 is 34.5 Å². The molecule has 0 fully saturated rings. The highest BCUT2D eigenvalue weighted by atomic mass is 16.2. The summed E-state index contributed by atoms with van der Waals surface area (Å²) in [5, 5.41) is 6.99. The molecule has 3 heterocycles. The van der Waals surface area contributed by atoms with Crippen LogP contribution >= 0.6 is 0 Å². The Bertz CT molecular complexity index is 1490. The number of amides is 2. The smallest absolute Gasteiger partial charge is 0.276 e. The van der Waals surface area contributed by atoms with Crippen LogP contribution in [0.4, 0.5) is 11.6 Å². The molecule has 5 rings (SSSR count). The molecule has 2 aromatic carbocycles. The first kappa shape index (κ1) is 21.6. The summed E-state index contributed by atoms with van der Waals surface area (Å²) in [4.78, 5) is 44.1. The fourth-order valence-corrected chi connectivity index (χ4v) is 4.11. The first-order valence-electron chi connectivity index (χ1n) is 11.1. The van der Waals surface area contributed by atoms with Gasteiger partial charge in [-0.3, -0.25) is 19.3 Å². The van der Waals surface area contributed by atoms with E-state index in [1.807, 2.05) is 60.9 Å². The number of para-hydroxylation sites is 2. The van der Waals surface area contributed by atoms with Crippen LogP contribution in [-0.2, 0) is 17.9 Å². The van der Waals surface area contributed by atoms with Crippen LogP contribution in [0, 0.1) is 13.8 Å². The number of aromatic nitrogens is 4. The summed E-state index contributed by atoms with van der Waals surface area (Å²) in [5.74, 6) is 0.0531. The highest BCUT2D eigenvalue weighted by molar-refractivity contribution is 6.02. The van der Waals surface area contributed by atoms with Crippen LogP contribution in [0.5, 0.6) is 0 Å². The average Bonchev–Trinajstić information content (AvgIpc) is 3.40. The molecule has 2 amide bonds. The summed E-state index contributed by atoms with van der Waals surface area (Å²) in [6.07, 6.45) is 0.0678. The van der Waals surface area contributed by atoms with E-state index in [9.17, 15) is 14.4 Å². The van der Waals surface area contributed by atoms with Gasteiger partial charge >= 0.3 is 0 Å². The minimum atomic E-state index is -0.420. The predicted octanol–water partition coefficient (Wildman–Crippen LogP) is 2.90. The van der Waals surface area contributed by atoms with Crippen molar-refractivity contribution in [1.82, 2.24) is 19.3 Å². The zero-order chi connectivity index (χ0) is 23.8. The lowest BCUT2D eigenvalue weighted by atomic mass is 10.1. The van der Waals surface area contributed by atoms with E-state index < -0.39 is 5.91 Å². The van der Waals surface area contributed by atoms with Crippen molar-refractivity contribution in [1.29, 1.82) is 0 Å². The molecule has 9 nitrogen and oxygen atoms in total. The highest BCUT2D eigenvalue weighted by Crippen LogP contribution is 2.27. The largest absolute Gasteiger partial charge is 0.321 e. The number of benzene rings is 2. The first-order valence-corrected chi connectivity index (χ1v) is 11.1. The number of rotatable bonds is 5. The van der Waals surface area contributed by atoms with Crippen LogP contribution in [0.1, 0.15) is 28.0 Å². The molecule has 0 radical (unpaired) electrons. The van der Waals surface area contributed by atoms with Crippen molar-refractivity contribution in [3.05, 3.63) is 81.8 Å². The van der Waals surface area contributed by atoms with Gasteiger partial charge in [0.1, 0.15) is 5.69 Å². The van der Waals surface area contributed by atoms with Crippen molar-refractivity contribution in [3.63, 3.8) is 0 Å². The van der Waals surface area contributed by atoms with Crippen molar-refractivity contribution in [3.8, 4) is 0 Å². The van der Waals surface area contributed by atoms with Gasteiger partial charge in [-0.15, -0.1) is 0 Å². The van der Waals surface area contributed by atoms with Crippen LogP contribution in [0.15, 0.2) is 59.4 Å². The normalized spacial score (nSPS) is 12.7. The number of carbonyl (C=O) groups excluding carboxylic acids is 2. The quantitative estimate of drug-likeness (QED) is 0.498. The Labute approximate surface area is 195 Å². The Hall–Kier alpha value is -4.27. The van der Waals surface area contributed by atoms with Crippen LogP contribution in [0.25, 0.3) is 11.0 Å². The summed E-state index contributed by atoms with van der Waals surface area (Å²) < 4.78 is 3.18. The van der Waals surface area contributed by atoms with Gasteiger partial charge in [0.15, 0.2) is 0 Å². The standard InChI is InChI=1S/C25H24N6O3/c1-16-7-8-18(15-17(16)2)26-24(34)20-9-10-23(33)31(28-20)12-11-22(32)30-14-13-29-21-6-4-3-5-19(21)27-25(29)30/h3-10,15H,11-14H2,1-2H3,(H,26,34). The third-order valence-electron chi connectivity index (χ3n) is 6.13. The lowest BCUT2D eigenvalue weighted by Gasteiger charge is -2.14. The summed E-state index contributed by atoms with van der Waals surface area (Å²) in [5.41, 5.74) is 4.41. The third-order valence-corrected chi connectivity index (χ3v) is 6.13.